The molecule has 0 radical (unpaired) electrons. The molecule has 0 aromatic carbocycles. The molecule has 1 aliphatic rings. The fourth-order valence-corrected chi connectivity index (χ4v) is 3.45. The topological polar surface area (TPSA) is 84.9 Å². The van der Waals surface area contributed by atoms with E-state index < -0.39 is 29.4 Å². The molecule has 1 fully saturated rings. The third-order valence-corrected chi connectivity index (χ3v) is 4.97. The second kappa shape index (κ2) is 8.87. The van der Waals surface area contributed by atoms with Gasteiger partial charge in [0.2, 0.25) is 11.8 Å². The highest BCUT2D eigenvalue weighted by molar-refractivity contribution is 5.95. The van der Waals surface area contributed by atoms with Crippen LogP contribution in [0.3, 0.4) is 0 Å². The Morgan fingerprint density at radius 1 is 1.33 bits per heavy atom. The minimum absolute atomic E-state index is 0.174. The van der Waals surface area contributed by atoms with Crippen LogP contribution in [0.2, 0.25) is 0 Å². The van der Waals surface area contributed by atoms with Crippen LogP contribution in [-0.4, -0.2) is 53.2 Å². The number of nitrogens with one attached hydrogen (secondary N) is 1. The quantitative estimate of drug-likeness (QED) is 0.714. The van der Waals surface area contributed by atoms with Gasteiger partial charge in [0.1, 0.15) is 5.60 Å². The van der Waals surface area contributed by atoms with E-state index in [1.807, 2.05) is 32.9 Å². The van der Waals surface area contributed by atoms with Crippen LogP contribution in [0, 0.1) is 5.92 Å². The predicted octanol–water partition coefficient (Wildman–Crippen LogP) is 3.03. The van der Waals surface area contributed by atoms with Crippen LogP contribution in [0.1, 0.15) is 61.3 Å². The van der Waals surface area contributed by atoms with E-state index in [4.69, 9.17) is 9.47 Å². The van der Waals surface area contributed by atoms with Gasteiger partial charge in [0, 0.05) is 26.4 Å². The van der Waals surface area contributed by atoms with Crippen molar-refractivity contribution < 1.29 is 23.9 Å². The highest BCUT2D eigenvalue weighted by Gasteiger charge is 2.52. The van der Waals surface area contributed by atoms with E-state index in [1.54, 1.807) is 27.9 Å². The van der Waals surface area contributed by atoms with Crippen molar-refractivity contribution >= 4 is 17.9 Å². The number of nitrogens with zero attached hydrogens (tertiary/aromatic N) is 1. The first kappa shape index (κ1) is 23.1. The van der Waals surface area contributed by atoms with Crippen LogP contribution in [0.15, 0.2) is 12.2 Å². The predicted molar refractivity (Wildman–Crippen MR) is 103 cm³/mol. The Hall–Kier alpha value is -1.89. The molecule has 0 spiro atoms. The first-order chi connectivity index (χ1) is 12.4. The summed E-state index contributed by atoms with van der Waals surface area (Å²) in [6.07, 6.45) is 3.81. The fraction of sp³-hybridized carbons (Fsp3) is 0.750. The second-order valence-corrected chi connectivity index (χ2v) is 8.18. The molecule has 7 heteroatoms. The highest BCUT2D eigenvalue weighted by atomic mass is 16.6. The molecule has 1 N–H and O–H groups in total. The zero-order valence-corrected chi connectivity index (χ0v) is 17.8. The van der Waals surface area contributed by atoms with E-state index >= 15 is 0 Å². The van der Waals surface area contributed by atoms with Gasteiger partial charge in [-0.3, -0.25) is 9.59 Å². The second-order valence-electron chi connectivity index (χ2n) is 8.18. The zero-order chi connectivity index (χ0) is 21.0. The summed E-state index contributed by atoms with van der Waals surface area (Å²) >= 11 is 0. The maximum atomic E-state index is 12.8. The third-order valence-electron chi connectivity index (χ3n) is 4.97. The fourth-order valence-electron chi connectivity index (χ4n) is 3.45. The summed E-state index contributed by atoms with van der Waals surface area (Å²) in [5.41, 5.74) is -1.50. The number of carbonyl (C=O) groups excluding carboxylic acids is 3. The molecule has 0 saturated carbocycles. The van der Waals surface area contributed by atoms with Crippen LogP contribution in [0.4, 0.5) is 4.79 Å². The Labute approximate surface area is 162 Å². The lowest BCUT2D eigenvalue weighted by molar-refractivity contribution is -0.132. The van der Waals surface area contributed by atoms with Crippen molar-refractivity contribution in [2.24, 2.45) is 5.92 Å². The van der Waals surface area contributed by atoms with Crippen LogP contribution >= 0.6 is 0 Å². The van der Waals surface area contributed by atoms with Crippen LogP contribution in [0.5, 0.6) is 0 Å². The number of amides is 3. The largest absolute Gasteiger partial charge is 0.443 e. The van der Waals surface area contributed by atoms with Gasteiger partial charge in [0.15, 0.2) is 0 Å². The Balaban J connectivity index is 3.45. The Morgan fingerprint density at radius 3 is 2.33 bits per heavy atom. The van der Waals surface area contributed by atoms with Gasteiger partial charge >= 0.3 is 6.09 Å². The van der Waals surface area contributed by atoms with Gasteiger partial charge in [0.25, 0.3) is 0 Å². The minimum atomic E-state index is -0.763. The van der Waals surface area contributed by atoms with Gasteiger partial charge in [-0.05, 0) is 41.0 Å². The molecule has 1 rings (SSSR count). The van der Waals surface area contributed by atoms with E-state index in [9.17, 15) is 14.4 Å². The number of carbonyl (C=O) groups is 3. The number of likely N-dealkylation sites (tertiary alicyclic amines) is 1. The van der Waals surface area contributed by atoms with Gasteiger partial charge in [0.05, 0.1) is 17.7 Å². The minimum Gasteiger partial charge on any atom is -0.443 e. The van der Waals surface area contributed by atoms with E-state index in [2.05, 4.69) is 5.32 Å². The molecule has 0 aromatic heterocycles. The van der Waals surface area contributed by atoms with Crippen molar-refractivity contribution in [3.05, 3.63) is 12.2 Å². The van der Waals surface area contributed by atoms with E-state index in [-0.39, 0.29) is 24.2 Å². The number of hydrogen-bond donors (Lipinski definition) is 1. The summed E-state index contributed by atoms with van der Waals surface area (Å²) < 4.78 is 11.2. The number of hydrogen-bond acceptors (Lipinski definition) is 5. The number of methoxy groups -OCH3 is 1. The summed E-state index contributed by atoms with van der Waals surface area (Å²) in [6, 6.07) is -1.18. The summed E-state index contributed by atoms with van der Waals surface area (Å²) in [6.45, 7) is 12.3. The highest BCUT2D eigenvalue weighted by Crippen LogP contribution is 2.36. The number of rotatable bonds is 6. The van der Waals surface area contributed by atoms with Gasteiger partial charge in [-0.2, -0.15) is 0 Å². The average molecular weight is 383 g/mol. The molecular weight excluding hydrogens is 348 g/mol. The lowest BCUT2D eigenvalue weighted by Crippen LogP contribution is -2.63. The first-order valence-corrected chi connectivity index (χ1v) is 9.40. The lowest BCUT2D eigenvalue weighted by atomic mass is 9.82. The smallest absolute Gasteiger partial charge is 0.417 e. The Morgan fingerprint density at radius 2 is 1.93 bits per heavy atom. The van der Waals surface area contributed by atoms with E-state index in [0.717, 1.165) is 4.90 Å². The van der Waals surface area contributed by atoms with Crippen molar-refractivity contribution in [1.82, 2.24) is 10.2 Å². The molecule has 1 aliphatic heterocycles. The first-order valence-electron chi connectivity index (χ1n) is 9.40. The SMILES string of the molecule is C/C=C/[C@@H]1CC(=O)N(C(=O)OC(C)(C)C)[C@H]1[C@@H](NC(C)=O)[C@](C)(CC)OC. The molecule has 0 aromatic rings. The maximum absolute atomic E-state index is 12.8. The zero-order valence-electron chi connectivity index (χ0n) is 17.8. The molecule has 1 saturated heterocycles. The molecule has 3 amide bonds. The standard InChI is InChI=1S/C20H34N2O5/c1-9-11-14-12-15(24)22(18(25)27-19(4,5)6)16(14)17(21-13(3)23)20(7,10-2)26-8/h9,11,14,16-17H,10,12H2,1-8H3,(H,21,23)/b11-9+/t14-,16-,17-,20+/m1/s1. The molecule has 7 nitrogen and oxygen atoms in total. The number of allylic oxidation sites excluding steroid dienone is 1. The van der Waals surface area contributed by atoms with Crippen LogP contribution in [-0.2, 0) is 19.1 Å². The third kappa shape index (κ3) is 5.54. The van der Waals surface area contributed by atoms with Gasteiger partial charge in [-0.15, -0.1) is 0 Å². The molecule has 154 valence electrons. The van der Waals surface area contributed by atoms with Crippen LogP contribution in [0.25, 0.3) is 0 Å². The molecule has 1 heterocycles. The molecule has 27 heavy (non-hydrogen) atoms. The molecule has 0 unspecified atom stereocenters. The van der Waals surface area contributed by atoms with E-state index in [0.29, 0.717) is 6.42 Å². The Kier molecular flexibility index (Phi) is 7.60. The summed E-state index contributed by atoms with van der Waals surface area (Å²) in [5.74, 6) is -0.811. The van der Waals surface area contributed by atoms with Gasteiger partial charge in [-0.1, -0.05) is 19.1 Å². The summed E-state index contributed by atoms with van der Waals surface area (Å²) in [5, 5.41) is 2.92. The van der Waals surface area contributed by atoms with Crippen molar-refractivity contribution in [2.75, 3.05) is 7.11 Å². The maximum Gasteiger partial charge on any atom is 0.417 e. The van der Waals surface area contributed by atoms with Gasteiger partial charge < -0.3 is 14.8 Å². The summed E-state index contributed by atoms with van der Waals surface area (Å²) in [7, 11) is 1.57. The van der Waals surface area contributed by atoms with Crippen molar-refractivity contribution in [3.8, 4) is 0 Å². The van der Waals surface area contributed by atoms with Crippen LogP contribution < -0.4 is 5.32 Å². The molecule has 0 aliphatic carbocycles. The van der Waals surface area contributed by atoms with Crippen molar-refractivity contribution in [2.45, 2.75) is 84.6 Å². The number of ether oxygens (including phenoxy) is 2. The number of imide groups is 1. The molecule has 4 atom stereocenters. The Bertz CT molecular complexity index is 590. The lowest BCUT2D eigenvalue weighted by Gasteiger charge is -2.43. The van der Waals surface area contributed by atoms with E-state index in [1.165, 1.54) is 6.92 Å². The molecular formula is C20H34N2O5. The monoisotopic (exact) mass is 382 g/mol. The molecule has 0 bridgehead atoms. The van der Waals surface area contributed by atoms with Crippen molar-refractivity contribution in [1.29, 1.82) is 0 Å². The van der Waals surface area contributed by atoms with Crippen molar-refractivity contribution in [3.63, 3.8) is 0 Å². The summed E-state index contributed by atoms with van der Waals surface area (Å²) in [4.78, 5) is 38.7. The average Bonchev–Trinajstić information content (AvgIpc) is 2.86. The normalized spacial score (nSPS) is 24.0. The van der Waals surface area contributed by atoms with Gasteiger partial charge in [-0.25, -0.2) is 9.69 Å².